The fourth-order valence-corrected chi connectivity index (χ4v) is 3.39. The number of hydrogen-bond donors (Lipinski definition) is 2. The molecule has 0 aliphatic carbocycles. The van der Waals surface area contributed by atoms with E-state index in [9.17, 15) is 0 Å². The number of nitrogen functional groups attached to an aromatic ring is 2. The Kier molecular flexibility index (Phi) is 4.66. The van der Waals surface area contributed by atoms with Crippen molar-refractivity contribution in [3.63, 3.8) is 0 Å². The second-order valence-electron chi connectivity index (χ2n) is 6.63. The molecule has 4 nitrogen and oxygen atoms in total. The molecule has 0 saturated heterocycles. The van der Waals surface area contributed by atoms with Crippen molar-refractivity contribution in [2.24, 2.45) is 0 Å². The monoisotopic (exact) mass is 316 g/mol. The molecular weight excluding hydrogens is 292 g/mol. The first-order chi connectivity index (χ1) is 10.2. The first kappa shape index (κ1) is 16.6. The van der Waals surface area contributed by atoms with Crippen molar-refractivity contribution in [2.75, 3.05) is 11.5 Å². The lowest BCUT2D eigenvalue weighted by atomic mass is 9.84. The minimum atomic E-state index is 0.159. The van der Waals surface area contributed by atoms with Crippen molar-refractivity contribution in [3.8, 4) is 0 Å². The summed E-state index contributed by atoms with van der Waals surface area (Å²) in [6.07, 6.45) is 0. The molecule has 0 spiro atoms. The Morgan fingerprint density at radius 2 is 1.45 bits per heavy atom. The number of hydrogen-bond acceptors (Lipinski definition) is 5. The van der Waals surface area contributed by atoms with Crippen LogP contribution in [0.1, 0.15) is 43.0 Å². The maximum atomic E-state index is 5.71. The highest BCUT2D eigenvalue weighted by Crippen LogP contribution is 2.30. The van der Waals surface area contributed by atoms with Crippen molar-refractivity contribution < 1.29 is 0 Å². The largest absolute Gasteiger partial charge is 0.383 e. The van der Waals surface area contributed by atoms with Gasteiger partial charge in [0.05, 0.1) is 0 Å². The fraction of sp³-hybridized carbons (Fsp3) is 0.412. The summed E-state index contributed by atoms with van der Waals surface area (Å²) < 4.78 is 0. The van der Waals surface area contributed by atoms with Crippen LogP contribution >= 0.6 is 11.8 Å². The predicted molar refractivity (Wildman–Crippen MR) is 95.0 cm³/mol. The van der Waals surface area contributed by atoms with E-state index in [1.165, 1.54) is 22.3 Å². The molecule has 22 heavy (non-hydrogen) atoms. The zero-order valence-corrected chi connectivity index (χ0v) is 14.7. The smallest absolute Gasteiger partial charge is 0.191 e. The van der Waals surface area contributed by atoms with Gasteiger partial charge in [0, 0.05) is 11.8 Å². The van der Waals surface area contributed by atoms with Crippen LogP contribution in [0, 0.1) is 13.8 Å². The van der Waals surface area contributed by atoms with Crippen molar-refractivity contribution in [1.82, 2.24) is 9.97 Å². The Labute approximate surface area is 136 Å². The average molecular weight is 316 g/mol. The molecule has 0 bridgehead atoms. The highest BCUT2D eigenvalue weighted by molar-refractivity contribution is 7.98. The summed E-state index contributed by atoms with van der Waals surface area (Å²) in [6.45, 7) is 11.0. The number of thioether (sulfide) groups is 1. The molecule has 0 fully saturated rings. The number of nitrogens with two attached hydrogens (primary N) is 2. The lowest BCUT2D eigenvalue weighted by molar-refractivity contribution is 0.589. The molecule has 118 valence electrons. The normalized spacial score (nSPS) is 11.7. The molecule has 2 rings (SSSR count). The van der Waals surface area contributed by atoms with Gasteiger partial charge in [0.25, 0.3) is 0 Å². The quantitative estimate of drug-likeness (QED) is 0.664. The summed E-state index contributed by atoms with van der Waals surface area (Å²) in [5.41, 5.74) is 16.9. The Bertz CT molecular complexity index is 646. The van der Waals surface area contributed by atoms with Gasteiger partial charge in [0.1, 0.15) is 11.6 Å². The molecule has 0 aliphatic heterocycles. The molecule has 5 heteroatoms. The third-order valence-electron chi connectivity index (χ3n) is 3.65. The van der Waals surface area contributed by atoms with Crippen LogP contribution in [0.15, 0.2) is 23.4 Å². The summed E-state index contributed by atoms with van der Waals surface area (Å²) in [6, 6.07) is 6.12. The Balaban J connectivity index is 2.23. The standard InChI is InChI=1S/C17H24N4S/c1-10-6-12(17(3,4)5)7-11(2)13(10)9-22-16-20-14(18)8-15(19)21-16/h6-8H,9H2,1-5H3,(H4,18,19,20,21). The van der Waals surface area contributed by atoms with E-state index in [4.69, 9.17) is 11.5 Å². The minimum absolute atomic E-state index is 0.159. The topological polar surface area (TPSA) is 77.8 Å². The van der Waals surface area contributed by atoms with Crippen molar-refractivity contribution in [3.05, 3.63) is 40.5 Å². The van der Waals surface area contributed by atoms with Gasteiger partial charge in [-0.15, -0.1) is 0 Å². The molecule has 1 heterocycles. The summed E-state index contributed by atoms with van der Waals surface area (Å²) in [7, 11) is 0. The van der Waals surface area contributed by atoms with Gasteiger partial charge in [-0.2, -0.15) is 0 Å². The number of nitrogens with zero attached hydrogens (tertiary/aromatic N) is 2. The Morgan fingerprint density at radius 1 is 0.955 bits per heavy atom. The Hall–Kier alpha value is -1.75. The van der Waals surface area contributed by atoms with Crippen molar-refractivity contribution in [2.45, 2.75) is 50.9 Å². The zero-order chi connectivity index (χ0) is 16.5. The third-order valence-corrected chi connectivity index (χ3v) is 4.53. The lowest BCUT2D eigenvalue weighted by Crippen LogP contribution is -2.12. The molecule has 2 aromatic rings. The SMILES string of the molecule is Cc1cc(C(C)(C)C)cc(C)c1CSc1nc(N)cc(N)n1. The van der Waals surface area contributed by atoms with Crippen LogP contribution in [0.4, 0.5) is 11.6 Å². The van der Waals surface area contributed by atoms with E-state index in [1.54, 1.807) is 17.8 Å². The maximum absolute atomic E-state index is 5.71. The number of rotatable bonds is 3. The van der Waals surface area contributed by atoms with Crippen molar-refractivity contribution in [1.29, 1.82) is 0 Å². The summed E-state index contributed by atoms with van der Waals surface area (Å²) >= 11 is 1.56. The minimum Gasteiger partial charge on any atom is -0.383 e. The summed E-state index contributed by atoms with van der Waals surface area (Å²) in [5, 5.41) is 0.621. The predicted octanol–water partition coefficient (Wildman–Crippen LogP) is 3.85. The van der Waals surface area contributed by atoms with Gasteiger partial charge >= 0.3 is 0 Å². The average Bonchev–Trinajstić information content (AvgIpc) is 2.35. The molecule has 0 saturated carbocycles. The molecule has 0 radical (unpaired) electrons. The third kappa shape index (κ3) is 3.91. The number of anilines is 2. The van der Waals surface area contributed by atoms with E-state index in [1.807, 2.05) is 0 Å². The van der Waals surface area contributed by atoms with Gasteiger partial charge in [0.2, 0.25) is 0 Å². The summed E-state index contributed by atoms with van der Waals surface area (Å²) in [5.74, 6) is 1.63. The van der Waals surface area contributed by atoms with E-state index in [0.717, 1.165) is 5.75 Å². The molecule has 0 aliphatic rings. The van der Waals surface area contributed by atoms with E-state index in [0.29, 0.717) is 16.8 Å². The zero-order valence-electron chi connectivity index (χ0n) is 13.9. The number of aromatic nitrogens is 2. The second kappa shape index (κ2) is 6.16. The van der Waals surface area contributed by atoms with Crippen LogP contribution in [0.5, 0.6) is 0 Å². The van der Waals surface area contributed by atoms with Crippen LogP contribution < -0.4 is 11.5 Å². The van der Waals surface area contributed by atoms with Crippen LogP contribution in [0.25, 0.3) is 0 Å². The molecule has 1 aromatic carbocycles. The highest BCUT2D eigenvalue weighted by Gasteiger charge is 2.16. The van der Waals surface area contributed by atoms with Gasteiger partial charge < -0.3 is 11.5 Å². The first-order valence-corrected chi connectivity index (χ1v) is 8.29. The first-order valence-electron chi connectivity index (χ1n) is 7.30. The number of benzene rings is 1. The van der Waals surface area contributed by atoms with E-state index < -0.39 is 0 Å². The fourth-order valence-electron chi connectivity index (χ4n) is 2.32. The molecular formula is C17H24N4S. The molecule has 0 atom stereocenters. The van der Waals surface area contributed by atoms with E-state index in [-0.39, 0.29) is 5.41 Å². The molecule has 1 aromatic heterocycles. The van der Waals surface area contributed by atoms with Gasteiger partial charge in [-0.25, -0.2) is 9.97 Å². The second-order valence-corrected chi connectivity index (χ2v) is 7.57. The van der Waals surface area contributed by atoms with Crippen molar-refractivity contribution >= 4 is 23.4 Å². The van der Waals surface area contributed by atoms with E-state index in [2.05, 4.69) is 56.7 Å². The van der Waals surface area contributed by atoms with Crippen LogP contribution in [0.2, 0.25) is 0 Å². The van der Waals surface area contributed by atoms with Gasteiger partial charge in [-0.3, -0.25) is 0 Å². The molecule has 0 unspecified atom stereocenters. The Morgan fingerprint density at radius 3 is 1.91 bits per heavy atom. The highest BCUT2D eigenvalue weighted by atomic mass is 32.2. The van der Waals surface area contributed by atoms with Crippen LogP contribution in [-0.4, -0.2) is 9.97 Å². The maximum Gasteiger partial charge on any atom is 0.191 e. The van der Waals surface area contributed by atoms with Gasteiger partial charge in [-0.05, 0) is 41.5 Å². The summed E-state index contributed by atoms with van der Waals surface area (Å²) in [4.78, 5) is 8.43. The van der Waals surface area contributed by atoms with Gasteiger partial charge in [0.15, 0.2) is 5.16 Å². The molecule has 4 N–H and O–H groups in total. The van der Waals surface area contributed by atoms with Crippen LogP contribution in [-0.2, 0) is 11.2 Å². The number of aryl methyl sites for hydroxylation is 2. The molecule has 0 amide bonds. The van der Waals surface area contributed by atoms with Crippen LogP contribution in [0.3, 0.4) is 0 Å². The lowest BCUT2D eigenvalue weighted by Gasteiger charge is -2.22. The van der Waals surface area contributed by atoms with Gasteiger partial charge in [-0.1, -0.05) is 44.7 Å². The van der Waals surface area contributed by atoms with E-state index >= 15 is 0 Å².